The van der Waals surface area contributed by atoms with Crippen LogP contribution in [0.1, 0.15) is 20.3 Å². The van der Waals surface area contributed by atoms with Gasteiger partial charge in [-0.3, -0.25) is 9.35 Å². The summed E-state index contributed by atoms with van der Waals surface area (Å²) in [5.74, 6) is -0.402. The molecular formula is C8H15NO5S. The van der Waals surface area contributed by atoms with Crippen LogP contribution >= 0.6 is 0 Å². The van der Waals surface area contributed by atoms with Gasteiger partial charge in [-0.2, -0.15) is 8.42 Å². The Kier molecular flexibility index (Phi) is 5.48. The molecular weight excluding hydrogens is 222 g/mol. The summed E-state index contributed by atoms with van der Waals surface area (Å²) in [4.78, 5) is 12.6. The van der Waals surface area contributed by atoms with Crippen LogP contribution in [-0.4, -0.2) is 37.1 Å². The van der Waals surface area contributed by atoms with E-state index in [2.05, 4.69) is 10.8 Å². The van der Waals surface area contributed by atoms with Gasteiger partial charge in [0.15, 0.2) is 0 Å². The van der Waals surface area contributed by atoms with Gasteiger partial charge in [-0.1, -0.05) is 13.5 Å². The van der Waals surface area contributed by atoms with Crippen molar-refractivity contribution < 1.29 is 21.9 Å². The van der Waals surface area contributed by atoms with E-state index in [-0.39, 0.29) is 5.57 Å². The fourth-order valence-corrected chi connectivity index (χ4v) is 1.16. The van der Waals surface area contributed by atoms with Crippen molar-refractivity contribution >= 4 is 16.3 Å². The van der Waals surface area contributed by atoms with E-state index >= 15 is 0 Å². The number of amides is 1. The van der Waals surface area contributed by atoms with Crippen LogP contribution in [0.15, 0.2) is 12.2 Å². The van der Waals surface area contributed by atoms with E-state index in [1.54, 1.807) is 0 Å². The molecule has 0 aliphatic rings. The fourth-order valence-electron chi connectivity index (χ4n) is 0.895. The number of hydrogen-bond donors (Lipinski definition) is 1. The van der Waals surface area contributed by atoms with Crippen LogP contribution in [0, 0.1) is 0 Å². The van der Waals surface area contributed by atoms with Crippen molar-refractivity contribution in [1.82, 2.24) is 4.90 Å². The minimum atomic E-state index is -4.52. The highest BCUT2D eigenvalue weighted by atomic mass is 32.3. The lowest BCUT2D eigenvalue weighted by atomic mass is 10.3. The first-order valence-corrected chi connectivity index (χ1v) is 5.71. The van der Waals surface area contributed by atoms with Crippen molar-refractivity contribution in [3.05, 3.63) is 12.2 Å². The van der Waals surface area contributed by atoms with Crippen LogP contribution in [0.3, 0.4) is 0 Å². The molecule has 0 saturated heterocycles. The van der Waals surface area contributed by atoms with Crippen LogP contribution in [0.4, 0.5) is 0 Å². The summed E-state index contributed by atoms with van der Waals surface area (Å²) >= 11 is 0. The summed E-state index contributed by atoms with van der Waals surface area (Å²) in [6.07, 6.45) is 0.647. The van der Waals surface area contributed by atoms with Crippen molar-refractivity contribution in [1.29, 1.82) is 0 Å². The Bertz CT molecular complexity index is 335. The standard InChI is InChI=1S/C8H15NO5S/c1-4-5-9(8(10)7(2)3)6-14-15(11,12)13/h2,4-6H2,1,3H3,(H,11,12,13). The molecule has 0 aliphatic heterocycles. The minimum Gasteiger partial charge on any atom is -0.314 e. The zero-order valence-corrected chi connectivity index (χ0v) is 9.58. The molecule has 0 unspecified atom stereocenters. The summed E-state index contributed by atoms with van der Waals surface area (Å²) in [5.41, 5.74) is 0.280. The molecule has 0 fully saturated rings. The van der Waals surface area contributed by atoms with Gasteiger partial charge in [0.1, 0.15) is 6.73 Å². The first-order valence-electron chi connectivity index (χ1n) is 4.34. The zero-order chi connectivity index (χ0) is 12.1. The molecule has 1 N–H and O–H groups in total. The Labute approximate surface area is 89.5 Å². The molecule has 0 aromatic rings. The average molecular weight is 237 g/mol. The SMILES string of the molecule is C=C(C)C(=O)N(CCC)COS(=O)(=O)O. The average Bonchev–Trinajstić information content (AvgIpc) is 2.09. The van der Waals surface area contributed by atoms with E-state index in [9.17, 15) is 13.2 Å². The molecule has 1 amide bonds. The molecule has 0 spiro atoms. The van der Waals surface area contributed by atoms with E-state index in [0.29, 0.717) is 13.0 Å². The molecule has 0 heterocycles. The molecule has 0 aromatic carbocycles. The lowest BCUT2D eigenvalue weighted by molar-refractivity contribution is -0.129. The fraction of sp³-hybridized carbons (Fsp3) is 0.625. The third-order valence-corrected chi connectivity index (χ3v) is 1.91. The lowest BCUT2D eigenvalue weighted by Gasteiger charge is -2.20. The largest absolute Gasteiger partial charge is 0.399 e. The predicted molar refractivity (Wildman–Crippen MR) is 54.3 cm³/mol. The molecule has 0 saturated carbocycles. The highest BCUT2D eigenvalue weighted by Crippen LogP contribution is 2.02. The Morgan fingerprint density at radius 3 is 2.40 bits per heavy atom. The third kappa shape index (κ3) is 6.21. The second-order valence-corrected chi connectivity index (χ2v) is 4.11. The summed E-state index contributed by atoms with van der Waals surface area (Å²) in [6, 6.07) is 0. The molecule has 0 rings (SSSR count). The Hall–Kier alpha value is -0.920. The molecule has 0 radical (unpaired) electrons. The van der Waals surface area contributed by atoms with Crippen molar-refractivity contribution in [2.24, 2.45) is 0 Å². The zero-order valence-electron chi connectivity index (χ0n) is 8.76. The number of carbonyl (C=O) groups is 1. The molecule has 0 atom stereocenters. The van der Waals surface area contributed by atoms with E-state index in [4.69, 9.17) is 4.55 Å². The van der Waals surface area contributed by atoms with Gasteiger partial charge in [0, 0.05) is 12.1 Å². The van der Waals surface area contributed by atoms with Crippen molar-refractivity contribution in [2.75, 3.05) is 13.3 Å². The molecule has 15 heavy (non-hydrogen) atoms. The molecule has 7 heteroatoms. The third-order valence-electron chi connectivity index (χ3n) is 1.50. The first-order chi connectivity index (χ1) is 6.78. The molecule has 6 nitrogen and oxygen atoms in total. The summed E-state index contributed by atoms with van der Waals surface area (Å²) in [5, 5.41) is 0. The van der Waals surface area contributed by atoms with Crippen molar-refractivity contribution in [3.8, 4) is 0 Å². The van der Waals surface area contributed by atoms with E-state index in [1.807, 2.05) is 6.92 Å². The highest BCUT2D eigenvalue weighted by Gasteiger charge is 2.16. The number of hydrogen-bond acceptors (Lipinski definition) is 4. The van der Waals surface area contributed by atoms with Crippen LogP contribution in [0.25, 0.3) is 0 Å². The maximum Gasteiger partial charge on any atom is 0.399 e. The normalized spacial score (nSPS) is 11.1. The van der Waals surface area contributed by atoms with Gasteiger partial charge in [0.05, 0.1) is 0 Å². The van der Waals surface area contributed by atoms with Gasteiger partial charge in [-0.05, 0) is 13.3 Å². The second kappa shape index (κ2) is 5.84. The minimum absolute atomic E-state index is 0.280. The van der Waals surface area contributed by atoms with Gasteiger partial charge >= 0.3 is 10.4 Å². The Morgan fingerprint density at radius 2 is 2.07 bits per heavy atom. The predicted octanol–water partition coefficient (Wildman–Crippen LogP) is 0.578. The van der Waals surface area contributed by atoms with Crippen LogP contribution in [-0.2, 0) is 19.4 Å². The Morgan fingerprint density at radius 1 is 1.53 bits per heavy atom. The summed E-state index contributed by atoms with van der Waals surface area (Å²) < 4.78 is 33.1. The van der Waals surface area contributed by atoms with Gasteiger partial charge in [0.2, 0.25) is 0 Å². The monoisotopic (exact) mass is 237 g/mol. The maximum absolute atomic E-state index is 11.4. The van der Waals surface area contributed by atoms with Crippen LogP contribution in [0.2, 0.25) is 0 Å². The van der Waals surface area contributed by atoms with Crippen molar-refractivity contribution in [2.45, 2.75) is 20.3 Å². The van der Waals surface area contributed by atoms with Gasteiger partial charge < -0.3 is 4.90 Å². The highest BCUT2D eigenvalue weighted by molar-refractivity contribution is 7.80. The van der Waals surface area contributed by atoms with Gasteiger partial charge in [-0.25, -0.2) is 4.18 Å². The van der Waals surface area contributed by atoms with Crippen LogP contribution in [0.5, 0.6) is 0 Å². The van der Waals surface area contributed by atoms with E-state index in [0.717, 1.165) is 4.90 Å². The lowest BCUT2D eigenvalue weighted by Crippen LogP contribution is -2.35. The quantitative estimate of drug-likeness (QED) is 0.415. The Balaban J connectivity index is 4.41. The molecule has 0 aliphatic carbocycles. The number of carbonyl (C=O) groups excluding carboxylic acids is 1. The summed E-state index contributed by atoms with van der Waals surface area (Å²) in [7, 11) is -4.52. The number of nitrogens with zero attached hydrogens (tertiary/aromatic N) is 1. The van der Waals surface area contributed by atoms with Crippen molar-refractivity contribution in [3.63, 3.8) is 0 Å². The molecule has 0 bridgehead atoms. The van der Waals surface area contributed by atoms with E-state index in [1.165, 1.54) is 6.92 Å². The molecule has 0 aromatic heterocycles. The molecule has 88 valence electrons. The smallest absolute Gasteiger partial charge is 0.314 e. The topological polar surface area (TPSA) is 83.9 Å². The second-order valence-electron chi connectivity index (χ2n) is 3.02. The van der Waals surface area contributed by atoms with Gasteiger partial charge in [-0.15, -0.1) is 0 Å². The van der Waals surface area contributed by atoms with E-state index < -0.39 is 23.0 Å². The number of rotatable bonds is 6. The summed E-state index contributed by atoms with van der Waals surface area (Å²) in [6.45, 7) is 6.61. The van der Waals surface area contributed by atoms with Crippen LogP contribution < -0.4 is 0 Å². The first kappa shape index (κ1) is 14.1. The van der Waals surface area contributed by atoms with Gasteiger partial charge in [0.25, 0.3) is 5.91 Å². The maximum atomic E-state index is 11.4.